The third-order valence-corrected chi connectivity index (χ3v) is 15.7. The predicted molar refractivity (Wildman–Crippen MR) is 295 cm³/mol. The van der Waals surface area contributed by atoms with Crippen LogP contribution in [0.2, 0.25) is 0 Å². The number of carboxylic acid groups (broad SMARTS) is 1. The van der Waals surface area contributed by atoms with E-state index in [4.69, 9.17) is 5.11 Å². The highest BCUT2D eigenvalue weighted by molar-refractivity contribution is 7.90. The second-order valence-electron chi connectivity index (χ2n) is 17.3. The van der Waals surface area contributed by atoms with Gasteiger partial charge >= 0.3 is 5.97 Å². The van der Waals surface area contributed by atoms with E-state index in [0.717, 1.165) is 61.1 Å². The second kappa shape index (κ2) is 22.5. The zero-order chi connectivity index (χ0) is 54.3. The Balaban J connectivity index is 0.000000152. The van der Waals surface area contributed by atoms with Gasteiger partial charge in [-0.2, -0.15) is 0 Å². The van der Waals surface area contributed by atoms with E-state index in [1.807, 2.05) is 80.7 Å². The van der Waals surface area contributed by atoms with Gasteiger partial charge in [-0.1, -0.05) is 83.9 Å². The number of aromatic amines is 1. The fourth-order valence-corrected chi connectivity index (χ4v) is 11.0. The summed E-state index contributed by atoms with van der Waals surface area (Å²) < 4.78 is 54.6. The molecule has 0 saturated carbocycles. The van der Waals surface area contributed by atoms with Gasteiger partial charge in [-0.15, -0.1) is 0 Å². The number of hydrogen-bond donors (Lipinski definition) is 3. The van der Waals surface area contributed by atoms with Crippen LogP contribution in [-0.4, -0.2) is 79.6 Å². The molecule has 0 bridgehead atoms. The van der Waals surface area contributed by atoms with Crippen LogP contribution in [0.1, 0.15) is 56.0 Å². The van der Waals surface area contributed by atoms with Crippen molar-refractivity contribution >= 4 is 70.7 Å². The monoisotopic (exact) mass is 1050 g/mol. The van der Waals surface area contributed by atoms with Crippen LogP contribution in [0, 0.1) is 13.8 Å². The summed E-state index contributed by atoms with van der Waals surface area (Å²) in [6, 6.07) is 45.8. The first kappa shape index (κ1) is 53.1. The number of fused-ring (bicyclic) bond motifs is 3. The van der Waals surface area contributed by atoms with Crippen molar-refractivity contribution in [2.45, 2.75) is 37.5 Å². The number of aliphatic hydroxyl groups excluding tert-OH is 1. The Morgan fingerprint density at radius 3 is 1.26 bits per heavy atom. The summed E-state index contributed by atoms with van der Waals surface area (Å²) in [7, 11) is -6.56. The lowest BCUT2D eigenvalue weighted by Crippen LogP contribution is -2.12. The molecular formula is C59H50N6O9S2. The number of aliphatic hydroxyl groups is 1. The Labute approximate surface area is 438 Å². The van der Waals surface area contributed by atoms with Gasteiger partial charge in [0.25, 0.3) is 20.0 Å². The Morgan fingerprint density at radius 2 is 0.855 bits per heavy atom. The van der Waals surface area contributed by atoms with Crippen molar-refractivity contribution in [3.05, 3.63) is 223 Å². The molecule has 0 spiro atoms. The highest BCUT2D eigenvalue weighted by Gasteiger charge is 2.23. The molecule has 0 unspecified atom stereocenters. The molecular weight excluding hydrogens is 1000 g/mol. The molecule has 3 N–H and O–H groups in total. The first-order chi connectivity index (χ1) is 36.5. The number of H-pyrrole nitrogens is 1. The molecule has 382 valence electrons. The van der Waals surface area contributed by atoms with Gasteiger partial charge in [0, 0.05) is 71.6 Å². The maximum atomic E-state index is 13.1. The van der Waals surface area contributed by atoms with Crippen molar-refractivity contribution in [3.8, 4) is 33.4 Å². The van der Waals surface area contributed by atoms with E-state index < -0.39 is 26.0 Å². The van der Waals surface area contributed by atoms with E-state index in [1.165, 1.54) is 35.6 Å². The number of aromatic carboxylic acids is 1. The van der Waals surface area contributed by atoms with Gasteiger partial charge < -0.3 is 15.2 Å². The molecule has 15 nitrogen and oxygen atoms in total. The van der Waals surface area contributed by atoms with Crippen LogP contribution in [-0.2, 0) is 20.0 Å². The molecule has 0 aliphatic rings. The topological polar surface area (TPSA) is 224 Å². The van der Waals surface area contributed by atoms with Gasteiger partial charge in [0.2, 0.25) is 0 Å². The fourth-order valence-electron chi connectivity index (χ4n) is 8.41. The molecule has 76 heavy (non-hydrogen) atoms. The molecule has 17 heteroatoms. The number of aryl methyl sites for hydroxylation is 2. The summed E-state index contributed by atoms with van der Waals surface area (Å²) in [5, 5.41) is 18.6. The van der Waals surface area contributed by atoms with Crippen LogP contribution in [0.3, 0.4) is 0 Å². The number of ketones is 2. The summed E-state index contributed by atoms with van der Waals surface area (Å²) >= 11 is 0. The summed E-state index contributed by atoms with van der Waals surface area (Å²) in [4.78, 5) is 50.7. The van der Waals surface area contributed by atoms with Crippen molar-refractivity contribution in [1.29, 1.82) is 0 Å². The van der Waals surface area contributed by atoms with Crippen molar-refractivity contribution in [1.82, 2.24) is 27.9 Å². The second-order valence-corrected chi connectivity index (χ2v) is 20.9. The number of benzene rings is 5. The molecule has 0 saturated heterocycles. The number of aromatic nitrogens is 6. The van der Waals surface area contributed by atoms with Crippen LogP contribution in [0.25, 0.3) is 66.5 Å². The maximum absolute atomic E-state index is 13.1. The summed E-state index contributed by atoms with van der Waals surface area (Å²) in [5.74, 6) is -0.963. The Kier molecular flexibility index (Phi) is 15.8. The lowest BCUT2D eigenvalue weighted by atomic mass is 10.0. The van der Waals surface area contributed by atoms with E-state index in [0.29, 0.717) is 38.8 Å². The number of Topliss-reactive ketones (excluding diaryl/α,β-unsaturated/α-hetero) is 2. The van der Waals surface area contributed by atoms with E-state index in [1.54, 1.807) is 110 Å². The van der Waals surface area contributed by atoms with Gasteiger partial charge in [0.05, 0.1) is 15.4 Å². The summed E-state index contributed by atoms with van der Waals surface area (Å²) in [6.45, 7) is 6.90. The maximum Gasteiger partial charge on any atom is 0.335 e. The third kappa shape index (κ3) is 11.0. The lowest BCUT2D eigenvalue weighted by Gasteiger charge is -2.09. The number of rotatable bonds is 10. The molecule has 11 aromatic rings. The van der Waals surface area contributed by atoms with Crippen molar-refractivity contribution in [3.63, 3.8) is 0 Å². The fraction of sp³-hybridized carbons (Fsp3) is 0.0847. The first-order valence-corrected chi connectivity index (χ1v) is 26.4. The molecule has 6 heterocycles. The number of nitrogens with one attached hydrogen (secondary N) is 1. The van der Waals surface area contributed by atoms with Crippen LogP contribution >= 0.6 is 0 Å². The molecule has 0 amide bonds. The molecule has 6 aromatic heterocycles. The van der Waals surface area contributed by atoms with E-state index in [9.17, 15) is 36.3 Å². The van der Waals surface area contributed by atoms with Gasteiger partial charge in [-0.05, 0) is 146 Å². The zero-order valence-electron chi connectivity index (χ0n) is 41.8. The minimum Gasteiger partial charge on any atom is -0.478 e. The number of carbonyl (C=O) groups is 3. The van der Waals surface area contributed by atoms with Crippen molar-refractivity contribution in [2.24, 2.45) is 0 Å². The summed E-state index contributed by atoms with van der Waals surface area (Å²) in [6.07, 6.45) is 9.73. The normalized spacial score (nSPS) is 11.2. The lowest BCUT2D eigenvalue weighted by molar-refractivity contribution is 0.0696. The average molecular weight is 1050 g/mol. The number of carbonyl (C=O) groups excluding carboxylic acids is 2. The zero-order valence-corrected chi connectivity index (χ0v) is 43.4. The molecule has 0 aliphatic carbocycles. The third-order valence-electron chi connectivity index (χ3n) is 12.3. The number of nitrogens with zero attached hydrogens (tertiary/aromatic N) is 5. The SMILES string of the molecule is CC(=O)c1cccc(-c2ccnc3[nH]ccc23)c1.CC(=O)c1cccc(-c2ccnc3c2ccn3S(=O)(=O)c2ccc(C)cc2)c1.CO.Cc1ccc(S(=O)(=O)n2ccc3c(-c4cccc(C(=O)O)c4)ccnc32)cc1. The van der Waals surface area contributed by atoms with Crippen LogP contribution in [0.15, 0.2) is 205 Å². The van der Waals surface area contributed by atoms with Crippen LogP contribution in [0.4, 0.5) is 0 Å². The number of hydrogen-bond acceptors (Lipinski definition) is 11. The Hall–Kier alpha value is -9.16. The predicted octanol–water partition coefficient (Wildman–Crippen LogP) is 11.4. The quantitative estimate of drug-likeness (QED) is 0.109. The molecule has 0 radical (unpaired) electrons. The average Bonchev–Trinajstić information content (AvgIpc) is 4.24. The minimum absolute atomic E-state index is 0.0216. The molecule has 0 atom stereocenters. The van der Waals surface area contributed by atoms with E-state index in [2.05, 4.69) is 19.9 Å². The van der Waals surface area contributed by atoms with E-state index in [-0.39, 0.29) is 26.9 Å². The molecule has 11 rings (SSSR count). The van der Waals surface area contributed by atoms with Crippen molar-refractivity contribution < 1.29 is 41.4 Å². The highest BCUT2D eigenvalue weighted by atomic mass is 32.2. The number of carboxylic acids is 1. The Bertz CT molecular complexity index is 3980. The largest absolute Gasteiger partial charge is 0.478 e. The van der Waals surface area contributed by atoms with Gasteiger partial charge in [0.1, 0.15) is 5.65 Å². The minimum atomic E-state index is -3.80. The highest BCUT2D eigenvalue weighted by Crippen LogP contribution is 2.33. The van der Waals surface area contributed by atoms with Crippen molar-refractivity contribution in [2.75, 3.05) is 7.11 Å². The summed E-state index contributed by atoms with van der Waals surface area (Å²) in [5.41, 5.74) is 10.1. The van der Waals surface area contributed by atoms with Gasteiger partial charge in [-0.25, -0.2) is 44.5 Å². The standard InChI is InChI=1S/C22H18N2O3S.C21H16N2O4S.C15H12N2O.CH4O/c1-15-6-8-19(9-7-15)28(26,27)24-13-11-21-20(10-12-23-22(21)24)18-5-3-4-17(14-18)16(2)25;1-14-5-7-17(8-6-14)28(26,27)23-12-10-19-18(9-11-22-20(19)23)15-3-2-4-16(13-15)21(24)25;1-10(18)11-3-2-4-12(9-11)13-5-7-16-15-14(13)6-8-17-15;1-2/h3-14H,1-2H3;2-13H,1H3,(H,24,25);2-9H,1H3,(H,16,17);2H,1H3. The number of pyridine rings is 3. The van der Waals surface area contributed by atoms with E-state index >= 15 is 0 Å². The van der Waals surface area contributed by atoms with Gasteiger partial charge in [-0.3, -0.25) is 9.59 Å². The van der Waals surface area contributed by atoms with Crippen LogP contribution < -0.4 is 0 Å². The van der Waals surface area contributed by atoms with Gasteiger partial charge in [0.15, 0.2) is 22.9 Å². The molecule has 0 aliphatic heterocycles. The molecule has 0 fully saturated rings. The molecule has 5 aromatic carbocycles. The van der Waals surface area contributed by atoms with Crippen LogP contribution in [0.5, 0.6) is 0 Å². The first-order valence-electron chi connectivity index (χ1n) is 23.5. The smallest absolute Gasteiger partial charge is 0.335 e. The Morgan fingerprint density at radius 1 is 0.474 bits per heavy atom.